The van der Waals surface area contributed by atoms with Crippen molar-refractivity contribution in [3.05, 3.63) is 80.4 Å². The largest absolute Gasteiger partial charge is 0.507 e. The highest BCUT2D eigenvalue weighted by Gasteiger charge is 2.47. The van der Waals surface area contributed by atoms with E-state index in [4.69, 9.17) is 4.74 Å². The summed E-state index contributed by atoms with van der Waals surface area (Å²) in [6.07, 6.45) is 1.58. The van der Waals surface area contributed by atoms with Gasteiger partial charge in [-0.2, -0.15) is 0 Å². The monoisotopic (exact) mass is 518 g/mol. The van der Waals surface area contributed by atoms with Crippen molar-refractivity contribution < 1.29 is 19.4 Å². The summed E-state index contributed by atoms with van der Waals surface area (Å²) in [7, 11) is 1.52. The Morgan fingerprint density at radius 2 is 1.97 bits per heavy atom. The highest BCUT2D eigenvalue weighted by Crippen LogP contribution is 2.42. The first-order chi connectivity index (χ1) is 14.0. The Morgan fingerprint density at radius 1 is 1.21 bits per heavy atom. The molecule has 29 heavy (non-hydrogen) atoms. The number of hydrogen-bond acceptors (Lipinski definition) is 6. The Balaban J connectivity index is 1.93. The minimum atomic E-state index is -0.774. The van der Waals surface area contributed by atoms with Crippen LogP contribution in [-0.4, -0.2) is 28.9 Å². The van der Waals surface area contributed by atoms with E-state index in [2.05, 4.69) is 27.6 Å². The normalized spacial score (nSPS) is 18.3. The Bertz CT molecular complexity index is 1110. The number of nitrogens with zero attached hydrogens (tertiary/aromatic N) is 2. The number of amides is 1. The molecule has 4 rings (SSSR count). The van der Waals surface area contributed by atoms with Crippen LogP contribution in [0.4, 0.5) is 5.13 Å². The number of ketones is 1. The van der Waals surface area contributed by atoms with Gasteiger partial charge in [-0.05, 0) is 52.4 Å². The third kappa shape index (κ3) is 3.53. The number of Topliss-reactive ketones (excluding diaryl/α,β-unsaturated/α-hetero) is 1. The first-order valence-electron chi connectivity index (χ1n) is 8.61. The smallest absolute Gasteiger partial charge is 0.301 e. The van der Waals surface area contributed by atoms with E-state index >= 15 is 0 Å². The third-order valence-electron chi connectivity index (χ3n) is 4.60. The molecule has 1 aliphatic heterocycles. The number of aliphatic hydroxyl groups excluding tert-OH is 1. The van der Waals surface area contributed by atoms with Gasteiger partial charge in [-0.15, -0.1) is 11.3 Å². The fraction of sp³-hybridized carbons (Fsp3) is 0.0952. The molecule has 0 saturated carbocycles. The van der Waals surface area contributed by atoms with Gasteiger partial charge in [0.15, 0.2) is 5.13 Å². The van der Waals surface area contributed by atoms with E-state index in [1.165, 1.54) is 23.3 Å². The Labute approximate surface area is 184 Å². The highest BCUT2D eigenvalue weighted by molar-refractivity contribution is 14.1. The number of methoxy groups -OCH3 is 1. The second-order valence-electron chi connectivity index (χ2n) is 6.27. The molecule has 1 aliphatic rings. The first kappa shape index (κ1) is 19.6. The Hall–Kier alpha value is -2.72. The zero-order chi connectivity index (χ0) is 20.5. The van der Waals surface area contributed by atoms with Gasteiger partial charge in [0.25, 0.3) is 5.78 Å². The summed E-state index contributed by atoms with van der Waals surface area (Å²) in [6.45, 7) is 0. The number of carbonyl (C=O) groups is 2. The molecule has 0 aliphatic carbocycles. The molecule has 8 heteroatoms. The van der Waals surface area contributed by atoms with Crippen LogP contribution in [0.15, 0.2) is 65.7 Å². The topological polar surface area (TPSA) is 79.7 Å². The number of hydrogen-bond donors (Lipinski definition) is 1. The van der Waals surface area contributed by atoms with Crippen LogP contribution in [0.5, 0.6) is 5.75 Å². The minimum absolute atomic E-state index is 0.0275. The molecular formula is C21H15IN2O4S. The molecule has 3 aromatic rings. The van der Waals surface area contributed by atoms with Crippen LogP contribution < -0.4 is 9.64 Å². The summed E-state index contributed by atoms with van der Waals surface area (Å²) in [5.74, 6) is -1.17. The molecule has 1 atom stereocenters. The van der Waals surface area contributed by atoms with Crippen LogP contribution in [0, 0.1) is 3.57 Å². The number of aromatic nitrogens is 1. The number of anilines is 1. The molecule has 1 N–H and O–H groups in total. The van der Waals surface area contributed by atoms with Gasteiger partial charge in [0.1, 0.15) is 11.5 Å². The quantitative estimate of drug-likeness (QED) is 0.240. The number of carbonyl (C=O) groups excluding carboxylic acids is 2. The Morgan fingerprint density at radius 3 is 2.62 bits per heavy atom. The maximum Gasteiger partial charge on any atom is 0.301 e. The molecule has 0 bridgehead atoms. The second-order valence-corrected chi connectivity index (χ2v) is 8.39. The summed E-state index contributed by atoms with van der Waals surface area (Å²) in [6, 6.07) is 13.4. The van der Waals surface area contributed by atoms with Gasteiger partial charge in [-0.25, -0.2) is 4.98 Å². The van der Waals surface area contributed by atoms with Crippen molar-refractivity contribution in [2.45, 2.75) is 6.04 Å². The van der Waals surface area contributed by atoms with Crippen molar-refractivity contribution in [3.63, 3.8) is 0 Å². The molecule has 2 aromatic carbocycles. The number of benzene rings is 2. The van der Waals surface area contributed by atoms with Crippen molar-refractivity contribution in [2.24, 2.45) is 0 Å². The van der Waals surface area contributed by atoms with Crippen LogP contribution in [0.2, 0.25) is 0 Å². The summed E-state index contributed by atoms with van der Waals surface area (Å²) < 4.78 is 6.23. The molecule has 1 amide bonds. The predicted molar refractivity (Wildman–Crippen MR) is 119 cm³/mol. The molecular weight excluding hydrogens is 503 g/mol. The van der Waals surface area contributed by atoms with Gasteiger partial charge < -0.3 is 9.84 Å². The first-order valence-corrected chi connectivity index (χ1v) is 10.6. The summed E-state index contributed by atoms with van der Waals surface area (Å²) >= 11 is 3.45. The molecule has 0 radical (unpaired) electrons. The molecule has 1 fully saturated rings. The predicted octanol–water partition coefficient (Wildman–Crippen LogP) is 4.38. The molecule has 6 nitrogen and oxygen atoms in total. The van der Waals surface area contributed by atoms with Crippen molar-refractivity contribution in [2.75, 3.05) is 12.0 Å². The summed E-state index contributed by atoms with van der Waals surface area (Å²) in [4.78, 5) is 31.4. The summed E-state index contributed by atoms with van der Waals surface area (Å²) in [5.41, 5.74) is 1.14. The van der Waals surface area contributed by atoms with Gasteiger partial charge in [0.2, 0.25) is 0 Å². The minimum Gasteiger partial charge on any atom is -0.507 e. The van der Waals surface area contributed by atoms with Crippen molar-refractivity contribution in [1.29, 1.82) is 0 Å². The maximum absolute atomic E-state index is 13.0. The molecule has 146 valence electrons. The number of thiazole rings is 1. The fourth-order valence-corrected chi connectivity index (χ4v) is 4.28. The lowest BCUT2D eigenvalue weighted by Crippen LogP contribution is -2.29. The maximum atomic E-state index is 13.0. The molecule has 1 aromatic heterocycles. The SMILES string of the molecule is COc1cccc(/C(O)=C2\C(=O)C(=O)N(c3nccs3)C2c2ccc(I)cc2)c1. The van der Waals surface area contributed by atoms with E-state index in [0.717, 1.165) is 3.57 Å². The van der Waals surface area contributed by atoms with Gasteiger partial charge in [-0.3, -0.25) is 14.5 Å². The molecule has 1 unspecified atom stereocenters. The third-order valence-corrected chi connectivity index (χ3v) is 6.09. The highest BCUT2D eigenvalue weighted by atomic mass is 127. The average Bonchev–Trinajstić information content (AvgIpc) is 3.35. The lowest BCUT2D eigenvalue weighted by Gasteiger charge is -2.23. The van der Waals surface area contributed by atoms with E-state index in [-0.39, 0.29) is 11.3 Å². The fourth-order valence-electron chi connectivity index (χ4n) is 3.25. The molecule has 0 spiro atoms. The van der Waals surface area contributed by atoms with E-state index in [0.29, 0.717) is 22.0 Å². The number of rotatable bonds is 4. The van der Waals surface area contributed by atoms with Crippen molar-refractivity contribution >= 4 is 56.5 Å². The van der Waals surface area contributed by atoms with Crippen LogP contribution in [0.25, 0.3) is 5.76 Å². The van der Waals surface area contributed by atoms with E-state index < -0.39 is 17.7 Å². The van der Waals surface area contributed by atoms with E-state index in [9.17, 15) is 14.7 Å². The number of halogens is 1. The van der Waals surface area contributed by atoms with Gasteiger partial charge in [0, 0.05) is 20.7 Å². The molecule has 1 saturated heterocycles. The lowest BCUT2D eigenvalue weighted by atomic mass is 9.95. The van der Waals surface area contributed by atoms with E-state index in [1.807, 2.05) is 24.3 Å². The number of aliphatic hydroxyl groups is 1. The van der Waals surface area contributed by atoms with Gasteiger partial charge in [0.05, 0.1) is 18.7 Å². The number of ether oxygens (including phenoxy) is 1. The average molecular weight is 518 g/mol. The van der Waals surface area contributed by atoms with Crippen LogP contribution in [0.3, 0.4) is 0 Å². The van der Waals surface area contributed by atoms with Crippen molar-refractivity contribution in [1.82, 2.24) is 4.98 Å². The van der Waals surface area contributed by atoms with Crippen molar-refractivity contribution in [3.8, 4) is 5.75 Å². The zero-order valence-corrected chi connectivity index (χ0v) is 18.2. The summed E-state index contributed by atoms with van der Waals surface area (Å²) in [5, 5.41) is 13.2. The molecule has 2 heterocycles. The lowest BCUT2D eigenvalue weighted by molar-refractivity contribution is -0.132. The van der Waals surface area contributed by atoms with Gasteiger partial charge >= 0.3 is 5.91 Å². The Kier molecular flexibility index (Phi) is 5.37. The zero-order valence-electron chi connectivity index (χ0n) is 15.2. The second kappa shape index (κ2) is 7.96. The van der Waals surface area contributed by atoms with E-state index in [1.54, 1.807) is 35.8 Å². The van der Waals surface area contributed by atoms with Crippen LogP contribution >= 0.6 is 33.9 Å². The van der Waals surface area contributed by atoms with Crippen LogP contribution in [0.1, 0.15) is 17.2 Å². The van der Waals surface area contributed by atoms with Crippen LogP contribution in [-0.2, 0) is 9.59 Å². The standard InChI is InChI=1S/C21H15IN2O4S/c1-28-15-4-2-3-13(11-15)18(25)16-17(12-5-7-14(22)8-6-12)24(20(27)19(16)26)21-23-9-10-29-21/h2-11,17,25H,1H3/b18-16+. The van der Waals surface area contributed by atoms with Gasteiger partial charge in [-0.1, -0.05) is 24.3 Å².